The summed E-state index contributed by atoms with van der Waals surface area (Å²) in [5.41, 5.74) is 0.960. The van der Waals surface area contributed by atoms with Crippen molar-refractivity contribution < 1.29 is 9.47 Å². The minimum Gasteiger partial charge on any atom is -0.481 e. The number of hydrogen-bond donors (Lipinski definition) is 1. The van der Waals surface area contributed by atoms with Crippen molar-refractivity contribution in [2.75, 3.05) is 38.4 Å². The van der Waals surface area contributed by atoms with Gasteiger partial charge in [-0.1, -0.05) is 0 Å². The van der Waals surface area contributed by atoms with Crippen LogP contribution in [0, 0.1) is 13.8 Å². The fourth-order valence-electron chi connectivity index (χ4n) is 2.41. The van der Waals surface area contributed by atoms with Gasteiger partial charge in [-0.3, -0.25) is 0 Å². The van der Waals surface area contributed by atoms with Crippen molar-refractivity contribution in [2.24, 2.45) is 0 Å². The molecule has 0 amide bonds. The zero-order valence-electron chi connectivity index (χ0n) is 12.7. The Kier molecular flexibility index (Phi) is 5.10. The second-order valence-electron chi connectivity index (χ2n) is 5.11. The number of nitrogens with one attached hydrogen (secondary N) is 1. The molecule has 0 aromatic carbocycles. The molecule has 2 rings (SSSR count). The van der Waals surface area contributed by atoms with E-state index < -0.39 is 0 Å². The van der Waals surface area contributed by atoms with Gasteiger partial charge in [0.1, 0.15) is 11.6 Å². The van der Waals surface area contributed by atoms with Gasteiger partial charge in [-0.2, -0.15) is 16.7 Å². The third-order valence-electron chi connectivity index (χ3n) is 3.82. The summed E-state index contributed by atoms with van der Waals surface area (Å²) in [6.07, 6.45) is 4.31. The fourth-order valence-corrected chi connectivity index (χ4v) is 3.21. The van der Waals surface area contributed by atoms with Crippen molar-refractivity contribution in [3.63, 3.8) is 0 Å². The predicted octanol–water partition coefficient (Wildman–Crippen LogP) is 2.43. The van der Waals surface area contributed by atoms with E-state index >= 15 is 0 Å². The maximum Gasteiger partial charge on any atom is 0.221 e. The van der Waals surface area contributed by atoms with Gasteiger partial charge in [-0.05, 0) is 32.9 Å². The number of aromatic nitrogens is 2. The molecule has 1 aromatic heterocycles. The van der Waals surface area contributed by atoms with Gasteiger partial charge >= 0.3 is 0 Å². The molecule has 0 saturated carbocycles. The molecule has 1 fully saturated rings. The van der Waals surface area contributed by atoms with E-state index in [4.69, 9.17) is 9.47 Å². The van der Waals surface area contributed by atoms with Crippen LogP contribution < -0.4 is 10.1 Å². The molecule has 0 spiro atoms. The molecule has 20 heavy (non-hydrogen) atoms. The van der Waals surface area contributed by atoms with Crippen LogP contribution in [0.2, 0.25) is 0 Å². The van der Waals surface area contributed by atoms with Gasteiger partial charge in [0.05, 0.1) is 12.7 Å². The third-order valence-corrected chi connectivity index (χ3v) is 5.24. The van der Waals surface area contributed by atoms with Crippen LogP contribution >= 0.6 is 11.8 Å². The number of aryl methyl sites for hydroxylation is 1. The maximum atomic E-state index is 5.47. The Labute approximate surface area is 124 Å². The van der Waals surface area contributed by atoms with E-state index in [9.17, 15) is 0 Å². The quantitative estimate of drug-likeness (QED) is 0.901. The minimum absolute atomic E-state index is 0.233. The van der Waals surface area contributed by atoms with E-state index in [1.54, 1.807) is 7.11 Å². The largest absolute Gasteiger partial charge is 0.481 e. The summed E-state index contributed by atoms with van der Waals surface area (Å²) in [6, 6.07) is 0. The highest BCUT2D eigenvalue weighted by molar-refractivity contribution is 8.00. The van der Waals surface area contributed by atoms with Gasteiger partial charge in [-0.25, -0.2) is 4.98 Å². The number of thioether (sulfide) groups is 1. The summed E-state index contributed by atoms with van der Waals surface area (Å²) < 4.78 is 11.0. The van der Waals surface area contributed by atoms with Gasteiger partial charge in [0.25, 0.3) is 0 Å². The van der Waals surface area contributed by atoms with Crippen LogP contribution in [0.4, 0.5) is 5.82 Å². The molecule has 2 heterocycles. The SMILES string of the molecule is COc1nc(C)nc(NCC2(SC)CCOCC2)c1C. The van der Waals surface area contributed by atoms with Crippen LogP contribution in [-0.4, -0.2) is 47.8 Å². The van der Waals surface area contributed by atoms with Gasteiger partial charge in [0.2, 0.25) is 5.88 Å². The molecular formula is C14H23N3O2S. The Hall–Kier alpha value is -1.01. The zero-order chi connectivity index (χ0) is 14.6. The van der Waals surface area contributed by atoms with E-state index in [0.717, 1.165) is 49.8 Å². The van der Waals surface area contributed by atoms with E-state index in [2.05, 4.69) is 21.5 Å². The number of nitrogens with zero attached hydrogens (tertiary/aromatic N) is 2. The van der Waals surface area contributed by atoms with Gasteiger partial charge < -0.3 is 14.8 Å². The Morgan fingerprint density at radius 2 is 2.00 bits per heavy atom. The molecule has 0 unspecified atom stereocenters. The molecule has 1 aliphatic rings. The molecule has 0 aliphatic carbocycles. The standard InChI is InChI=1S/C14H23N3O2S/c1-10-12(16-11(2)17-13(10)18-3)15-9-14(20-4)5-7-19-8-6-14/h5-9H2,1-4H3,(H,15,16,17). The van der Waals surface area contributed by atoms with E-state index in [-0.39, 0.29) is 4.75 Å². The summed E-state index contributed by atoms with van der Waals surface area (Å²) in [7, 11) is 1.64. The first-order valence-corrected chi connectivity index (χ1v) is 8.09. The van der Waals surface area contributed by atoms with Crippen LogP contribution in [-0.2, 0) is 4.74 Å². The molecule has 6 heteroatoms. The maximum absolute atomic E-state index is 5.47. The van der Waals surface area contributed by atoms with Crippen LogP contribution in [0.25, 0.3) is 0 Å². The first kappa shape index (κ1) is 15.4. The average molecular weight is 297 g/mol. The van der Waals surface area contributed by atoms with E-state index in [1.165, 1.54) is 0 Å². The number of ether oxygens (including phenoxy) is 2. The highest BCUT2D eigenvalue weighted by Crippen LogP contribution is 2.34. The monoisotopic (exact) mass is 297 g/mol. The smallest absolute Gasteiger partial charge is 0.221 e. The number of anilines is 1. The van der Waals surface area contributed by atoms with Crippen molar-refractivity contribution in [3.05, 3.63) is 11.4 Å². The molecule has 0 bridgehead atoms. The Bertz CT molecular complexity index is 462. The minimum atomic E-state index is 0.233. The van der Waals surface area contributed by atoms with Gasteiger partial charge in [0, 0.05) is 24.5 Å². The number of methoxy groups -OCH3 is 1. The van der Waals surface area contributed by atoms with Crippen molar-refractivity contribution in [1.29, 1.82) is 0 Å². The molecule has 1 N–H and O–H groups in total. The molecule has 1 saturated heterocycles. The van der Waals surface area contributed by atoms with Crippen molar-refractivity contribution in [1.82, 2.24) is 9.97 Å². The molecule has 0 radical (unpaired) electrons. The average Bonchev–Trinajstić information content (AvgIpc) is 2.48. The van der Waals surface area contributed by atoms with Crippen LogP contribution in [0.1, 0.15) is 24.2 Å². The lowest BCUT2D eigenvalue weighted by Gasteiger charge is -2.36. The first-order chi connectivity index (χ1) is 9.60. The molecule has 5 nitrogen and oxygen atoms in total. The summed E-state index contributed by atoms with van der Waals surface area (Å²) >= 11 is 1.92. The van der Waals surface area contributed by atoms with E-state index in [0.29, 0.717) is 5.88 Å². The Morgan fingerprint density at radius 3 is 2.60 bits per heavy atom. The third kappa shape index (κ3) is 3.35. The normalized spacial score (nSPS) is 17.8. The molecule has 0 atom stereocenters. The molecular weight excluding hydrogens is 274 g/mol. The Morgan fingerprint density at radius 1 is 1.30 bits per heavy atom. The number of rotatable bonds is 5. The fraction of sp³-hybridized carbons (Fsp3) is 0.714. The molecule has 112 valence electrons. The Balaban J connectivity index is 2.11. The highest BCUT2D eigenvalue weighted by Gasteiger charge is 2.31. The van der Waals surface area contributed by atoms with Crippen molar-refractivity contribution >= 4 is 17.6 Å². The number of hydrogen-bond acceptors (Lipinski definition) is 6. The summed E-state index contributed by atoms with van der Waals surface area (Å²) in [5, 5.41) is 3.48. The van der Waals surface area contributed by atoms with Crippen LogP contribution in [0.15, 0.2) is 0 Å². The predicted molar refractivity (Wildman–Crippen MR) is 82.8 cm³/mol. The first-order valence-electron chi connectivity index (χ1n) is 6.86. The summed E-state index contributed by atoms with van der Waals surface area (Å²) in [4.78, 5) is 8.77. The second kappa shape index (κ2) is 6.63. The molecule has 1 aliphatic heterocycles. The van der Waals surface area contributed by atoms with Crippen LogP contribution in [0.3, 0.4) is 0 Å². The van der Waals surface area contributed by atoms with Crippen molar-refractivity contribution in [3.8, 4) is 5.88 Å². The lowest BCUT2D eigenvalue weighted by atomic mass is 9.99. The summed E-state index contributed by atoms with van der Waals surface area (Å²) in [5.74, 6) is 2.24. The topological polar surface area (TPSA) is 56.3 Å². The van der Waals surface area contributed by atoms with E-state index in [1.807, 2.05) is 25.6 Å². The van der Waals surface area contributed by atoms with Gasteiger partial charge in [0.15, 0.2) is 0 Å². The highest BCUT2D eigenvalue weighted by atomic mass is 32.2. The lowest BCUT2D eigenvalue weighted by Crippen LogP contribution is -2.39. The second-order valence-corrected chi connectivity index (χ2v) is 6.38. The van der Waals surface area contributed by atoms with Crippen molar-refractivity contribution in [2.45, 2.75) is 31.4 Å². The van der Waals surface area contributed by atoms with Crippen LogP contribution in [0.5, 0.6) is 5.88 Å². The molecule has 1 aromatic rings. The summed E-state index contributed by atoms with van der Waals surface area (Å²) in [6.45, 7) is 6.43. The zero-order valence-corrected chi connectivity index (χ0v) is 13.5. The van der Waals surface area contributed by atoms with Gasteiger partial charge in [-0.15, -0.1) is 0 Å². The lowest BCUT2D eigenvalue weighted by molar-refractivity contribution is 0.0802.